The van der Waals surface area contributed by atoms with Gasteiger partial charge >= 0.3 is 17.9 Å². The Kier molecular flexibility index (Phi) is 59.2. The van der Waals surface area contributed by atoms with Gasteiger partial charge in [-0.1, -0.05) is 287 Å². The Morgan fingerprint density at radius 1 is 0.288 bits per heavy atom. The molecule has 0 aliphatic carbocycles. The highest BCUT2D eigenvalue weighted by atomic mass is 16.6. The van der Waals surface area contributed by atoms with Crippen molar-refractivity contribution in [3.05, 3.63) is 60.8 Å². The standard InChI is InChI=1S/C67H120O6/c1-4-7-10-13-16-19-22-25-28-30-32-33-34-35-36-38-39-42-45-48-51-54-57-60-66(69)72-63-64(62-71-65(68)59-56-53-50-47-44-41-27-24-21-18-15-12-9-6-3)73-67(70)61-58-55-52-49-46-43-40-37-31-29-26-23-20-17-14-11-8-5-2/h7,10,16,19,25,28-29,31-33,64H,4-6,8-9,11-15,17-18,20-24,26-27,30,34-63H2,1-3H3/b10-7-,19-16-,28-25-,31-29-,33-32-. The first-order valence-corrected chi connectivity index (χ1v) is 31.8. The molecule has 0 saturated carbocycles. The molecule has 0 rings (SSSR count). The van der Waals surface area contributed by atoms with Gasteiger partial charge in [0.15, 0.2) is 6.10 Å². The van der Waals surface area contributed by atoms with Crippen molar-refractivity contribution in [3.63, 3.8) is 0 Å². The van der Waals surface area contributed by atoms with E-state index in [2.05, 4.69) is 81.5 Å². The summed E-state index contributed by atoms with van der Waals surface area (Å²) in [6.45, 7) is 6.56. The minimum Gasteiger partial charge on any atom is -0.462 e. The number of hydrogen-bond donors (Lipinski definition) is 0. The van der Waals surface area contributed by atoms with Crippen LogP contribution in [0.1, 0.15) is 329 Å². The molecule has 0 N–H and O–H groups in total. The van der Waals surface area contributed by atoms with E-state index >= 15 is 0 Å². The summed E-state index contributed by atoms with van der Waals surface area (Å²) in [5.74, 6) is -0.864. The van der Waals surface area contributed by atoms with Crippen LogP contribution in [0.2, 0.25) is 0 Å². The van der Waals surface area contributed by atoms with Gasteiger partial charge in [-0.25, -0.2) is 0 Å². The minimum atomic E-state index is -0.777. The summed E-state index contributed by atoms with van der Waals surface area (Å²) in [5, 5.41) is 0. The van der Waals surface area contributed by atoms with Crippen molar-refractivity contribution in [2.24, 2.45) is 0 Å². The van der Waals surface area contributed by atoms with E-state index in [0.29, 0.717) is 19.3 Å². The van der Waals surface area contributed by atoms with Crippen LogP contribution in [0, 0.1) is 0 Å². The van der Waals surface area contributed by atoms with Gasteiger partial charge < -0.3 is 14.2 Å². The molecule has 0 aliphatic rings. The summed E-state index contributed by atoms with van der Waals surface area (Å²) < 4.78 is 16.9. The van der Waals surface area contributed by atoms with E-state index in [-0.39, 0.29) is 31.1 Å². The predicted octanol–water partition coefficient (Wildman–Crippen LogP) is 21.6. The Bertz CT molecular complexity index is 1310. The zero-order valence-corrected chi connectivity index (χ0v) is 48.7. The van der Waals surface area contributed by atoms with Crippen molar-refractivity contribution >= 4 is 17.9 Å². The number of carbonyl (C=O) groups is 3. The topological polar surface area (TPSA) is 78.9 Å². The third-order valence-corrected chi connectivity index (χ3v) is 14.0. The number of ether oxygens (including phenoxy) is 3. The maximum Gasteiger partial charge on any atom is 0.306 e. The van der Waals surface area contributed by atoms with Gasteiger partial charge in [-0.05, 0) is 83.5 Å². The molecule has 0 aromatic heterocycles. The molecule has 6 nitrogen and oxygen atoms in total. The quantitative estimate of drug-likeness (QED) is 0.0261. The van der Waals surface area contributed by atoms with Crippen molar-refractivity contribution in [1.29, 1.82) is 0 Å². The molecule has 73 heavy (non-hydrogen) atoms. The highest BCUT2D eigenvalue weighted by Gasteiger charge is 2.19. The Labute approximate surface area is 453 Å². The first-order valence-electron chi connectivity index (χ1n) is 31.8. The van der Waals surface area contributed by atoms with Gasteiger partial charge in [0, 0.05) is 19.3 Å². The van der Waals surface area contributed by atoms with E-state index in [1.54, 1.807) is 0 Å². The van der Waals surface area contributed by atoms with Crippen molar-refractivity contribution < 1.29 is 28.6 Å². The molecule has 0 amide bonds. The molecule has 0 heterocycles. The molecule has 424 valence electrons. The van der Waals surface area contributed by atoms with E-state index in [0.717, 1.165) is 83.5 Å². The van der Waals surface area contributed by atoms with Gasteiger partial charge in [0.25, 0.3) is 0 Å². The fourth-order valence-electron chi connectivity index (χ4n) is 9.25. The lowest BCUT2D eigenvalue weighted by Gasteiger charge is -2.18. The van der Waals surface area contributed by atoms with Gasteiger partial charge in [0.1, 0.15) is 13.2 Å². The van der Waals surface area contributed by atoms with E-state index in [1.165, 1.54) is 205 Å². The fraction of sp³-hybridized carbons (Fsp3) is 0.806. The SMILES string of the molecule is CC/C=C\C/C=C\C/C=C\C/C=C\CCCCCCCCCCCCC(=O)OCC(COC(=O)CCCCCCCCCCCCCCCC)OC(=O)CCCCCCCCC/C=C\CCCCCCCCC. The van der Waals surface area contributed by atoms with Crippen LogP contribution < -0.4 is 0 Å². The van der Waals surface area contributed by atoms with Gasteiger partial charge in [-0.2, -0.15) is 0 Å². The molecule has 1 atom stereocenters. The van der Waals surface area contributed by atoms with E-state index in [4.69, 9.17) is 14.2 Å². The van der Waals surface area contributed by atoms with Gasteiger partial charge in [0.2, 0.25) is 0 Å². The van der Waals surface area contributed by atoms with E-state index in [9.17, 15) is 14.4 Å². The van der Waals surface area contributed by atoms with E-state index in [1.807, 2.05) is 0 Å². The molecule has 0 fully saturated rings. The zero-order chi connectivity index (χ0) is 52.9. The smallest absolute Gasteiger partial charge is 0.306 e. The number of unbranched alkanes of at least 4 members (excludes halogenated alkanes) is 37. The fourth-order valence-corrected chi connectivity index (χ4v) is 9.25. The summed E-state index contributed by atoms with van der Waals surface area (Å²) in [5.41, 5.74) is 0. The van der Waals surface area contributed by atoms with Gasteiger partial charge in [0.05, 0.1) is 0 Å². The number of hydrogen-bond acceptors (Lipinski definition) is 6. The van der Waals surface area contributed by atoms with Gasteiger partial charge in [-0.15, -0.1) is 0 Å². The summed E-state index contributed by atoms with van der Waals surface area (Å²) in [6, 6.07) is 0. The van der Waals surface area contributed by atoms with Crippen LogP contribution >= 0.6 is 0 Å². The summed E-state index contributed by atoms with van der Waals surface area (Å²) in [6.07, 6.45) is 77.9. The lowest BCUT2D eigenvalue weighted by molar-refractivity contribution is -0.167. The number of rotatable bonds is 58. The van der Waals surface area contributed by atoms with Crippen LogP contribution in [0.3, 0.4) is 0 Å². The first kappa shape index (κ1) is 70.1. The normalized spacial score (nSPS) is 12.4. The number of esters is 3. The molecule has 0 spiro atoms. The molecule has 1 unspecified atom stereocenters. The summed E-state index contributed by atoms with van der Waals surface area (Å²) in [4.78, 5) is 38.3. The predicted molar refractivity (Wildman–Crippen MR) is 316 cm³/mol. The highest BCUT2D eigenvalue weighted by Crippen LogP contribution is 2.17. The summed E-state index contributed by atoms with van der Waals surface area (Å²) >= 11 is 0. The molecule has 0 bridgehead atoms. The largest absolute Gasteiger partial charge is 0.462 e. The molecule has 0 aromatic rings. The third kappa shape index (κ3) is 59.9. The number of carbonyl (C=O) groups excluding carboxylic acids is 3. The first-order chi connectivity index (χ1) is 36.0. The molecular weight excluding hydrogens is 901 g/mol. The average molecular weight is 1020 g/mol. The van der Waals surface area contributed by atoms with Crippen molar-refractivity contribution in [2.45, 2.75) is 335 Å². The van der Waals surface area contributed by atoms with Crippen LogP contribution in [0.4, 0.5) is 0 Å². The highest BCUT2D eigenvalue weighted by molar-refractivity contribution is 5.71. The molecular formula is C67H120O6. The van der Waals surface area contributed by atoms with Crippen LogP contribution in [-0.4, -0.2) is 37.2 Å². The zero-order valence-electron chi connectivity index (χ0n) is 48.7. The lowest BCUT2D eigenvalue weighted by atomic mass is 10.0. The Hall–Kier alpha value is -2.89. The van der Waals surface area contributed by atoms with Crippen molar-refractivity contribution in [1.82, 2.24) is 0 Å². The van der Waals surface area contributed by atoms with Crippen LogP contribution in [-0.2, 0) is 28.6 Å². The average Bonchev–Trinajstić information content (AvgIpc) is 3.39. The summed E-state index contributed by atoms with van der Waals surface area (Å²) in [7, 11) is 0. The van der Waals surface area contributed by atoms with Crippen LogP contribution in [0.25, 0.3) is 0 Å². The van der Waals surface area contributed by atoms with Crippen molar-refractivity contribution in [2.75, 3.05) is 13.2 Å². The third-order valence-electron chi connectivity index (χ3n) is 14.0. The molecule has 0 radical (unpaired) electrons. The molecule has 0 saturated heterocycles. The second-order valence-electron chi connectivity index (χ2n) is 21.3. The maximum atomic E-state index is 12.9. The van der Waals surface area contributed by atoms with E-state index < -0.39 is 6.10 Å². The Balaban J connectivity index is 4.32. The monoisotopic (exact) mass is 1020 g/mol. The van der Waals surface area contributed by atoms with Crippen LogP contribution in [0.5, 0.6) is 0 Å². The minimum absolute atomic E-state index is 0.0734. The second kappa shape index (κ2) is 61.7. The maximum absolute atomic E-state index is 12.9. The second-order valence-corrected chi connectivity index (χ2v) is 21.3. The molecule has 0 aliphatic heterocycles. The molecule has 6 heteroatoms. The van der Waals surface area contributed by atoms with Crippen molar-refractivity contribution in [3.8, 4) is 0 Å². The Morgan fingerprint density at radius 3 is 0.849 bits per heavy atom. The molecule has 0 aromatic carbocycles. The Morgan fingerprint density at radius 2 is 0.534 bits per heavy atom. The number of allylic oxidation sites excluding steroid dienone is 10. The van der Waals surface area contributed by atoms with Crippen LogP contribution in [0.15, 0.2) is 60.8 Å². The lowest BCUT2D eigenvalue weighted by Crippen LogP contribution is -2.30. The van der Waals surface area contributed by atoms with Gasteiger partial charge in [-0.3, -0.25) is 14.4 Å².